The van der Waals surface area contributed by atoms with Gasteiger partial charge in [-0.2, -0.15) is 10.2 Å². The lowest BCUT2D eigenvalue weighted by Gasteiger charge is -2.23. The zero-order chi connectivity index (χ0) is 18.2. The monoisotopic (exact) mass is 347 g/mol. The van der Waals surface area contributed by atoms with Crippen molar-refractivity contribution >= 4 is 28.5 Å². The van der Waals surface area contributed by atoms with Crippen molar-refractivity contribution < 1.29 is 0 Å². The van der Waals surface area contributed by atoms with Crippen LogP contribution in [0.1, 0.15) is 32.3 Å². The van der Waals surface area contributed by atoms with Gasteiger partial charge in [0.05, 0.1) is 12.4 Å². The van der Waals surface area contributed by atoms with Crippen LogP contribution in [-0.4, -0.2) is 29.5 Å². The fraction of sp³-hybridized carbons (Fsp3) is 0.286. The van der Waals surface area contributed by atoms with Gasteiger partial charge >= 0.3 is 0 Å². The molecule has 0 aliphatic carbocycles. The average molecular weight is 347 g/mol. The number of hydrogen-bond acceptors (Lipinski definition) is 5. The summed E-state index contributed by atoms with van der Waals surface area (Å²) < 4.78 is 0. The van der Waals surface area contributed by atoms with Crippen molar-refractivity contribution in [2.75, 3.05) is 23.4 Å². The molecule has 0 saturated heterocycles. The van der Waals surface area contributed by atoms with E-state index in [4.69, 9.17) is 0 Å². The summed E-state index contributed by atoms with van der Waals surface area (Å²) in [6, 6.07) is 16.5. The second kappa shape index (κ2) is 8.94. The number of nitrogens with one attached hydrogen (secondary N) is 1. The highest BCUT2D eigenvalue weighted by Gasteiger charge is 2.04. The van der Waals surface area contributed by atoms with E-state index in [1.165, 1.54) is 5.69 Å². The van der Waals surface area contributed by atoms with Crippen molar-refractivity contribution in [1.29, 1.82) is 0 Å². The highest BCUT2D eigenvalue weighted by Crippen LogP contribution is 2.19. The number of rotatable bonds is 8. The highest BCUT2D eigenvalue weighted by molar-refractivity contribution is 5.91. The Labute approximate surface area is 154 Å². The van der Waals surface area contributed by atoms with Crippen LogP contribution in [0.3, 0.4) is 0 Å². The standard InChI is InChI=1S/C21H25N5/c1-3-13-26(14-4-2)19-11-9-17(10-12-19)15-22-24-21-20-8-6-5-7-18(20)16-23-25-21/h5-12,15-16H,3-4,13-14H2,1-2H3,(H,24,25)/b22-15+. The van der Waals surface area contributed by atoms with Gasteiger partial charge in [-0.05, 0) is 30.5 Å². The molecule has 26 heavy (non-hydrogen) atoms. The lowest BCUT2D eigenvalue weighted by Crippen LogP contribution is -2.24. The molecule has 0 radical (unpaired) electrons. The Balaban J connectivity index is 1.68. The predicted octanol–water partition coefficient (Wildman–Crippen LogP) is 4.70. The van der Waals surface area contributed by atoms with Crippen LogP contribution in [0.5, 0.6) is 0 Å². The molecule has 5 heteroatoms. The molecule has 0 fully saturated rings. The first-order chi connectivity index (χ1) is 12.8. The highest BCUT2D eigenvalue weighted by atomic mass is 15.3. The fourth-order valence-electron chi connectivity index (χ4n) is 2.96. The third-order valence-electron chi connectivity index (χ3n) is 4.20. The molecule has 0 bridgehead atoms. The van der Waals surface area contributed by atoms with Crippen molar-refractivity contribution in [1.82, 2.24) is 10.2 Å². The van der Waals surface area contributed by atoms with Gasteiger partial charge in [0.25, 0.3) is 0 Å². The largest absolute Gasteiger partial charge is 0.372 e. The van der Waals surface area contributed by atoms with Gasteiger partial charge in [0.1, 0.15) is 0 Å². The zero-order valence-corrected chi connectivity index (χ0v) is 15.4. The number of hydrazone groups is 1. The van der Waals surface area contributed by atoms with Gasteiger partial charge in [0.2, 0.25) is 0 Å². The van der Waals surface area contributed by atoms with E-state index in [1.54, 1.807) is 12.4 Å². The molecular formula is C21H25N5. The summed E-state index contributed by atoms with van der Waals surface area (Å²) in [6.07, 6.45) is 5.86. The summed E-state index contributed by atoms with van der Waals surface area (Å²) in [7, 11) is 0. The maximum atomic E-state index is 4.32. The molecule has 5 nitrogen and oxygen atoms in total. The minimum absolute atomic E-state index is 0.660. The number of hydrogen-bond donors (Lipinski definition) is 1. The van der Waals surface area contributed by atoms with Crippen LogP contribution in [0.2, 0.25) is 0 Å². The van der Waals surface area contributed by atoms with Crippen LogP contribution in [0.15, 0.2) is 59.8 Å². The summed E-state index contributed by atoms with van der Waals surface area (Å²) in [6.45, 7) is 6.60. The van der Waals surface area contributed by atoms with E-state index in [-0.39, 0.29) is 0 Å². The molecule has 0 spiro atoms. The fourth-order valence-corrected chi connectivity index (χ4v) is 2.96. The van der Waals surface area contributed by atoms with Crippen LogP contribution in [0.4, 0.5) is 11.5 Å². The molecule has 3 rings (SSSR count). The lowest BCUT2D eigenvalue weighted by atomic mass is 10.2. The molecule has 0 aliphatic heterocycles. The lowest BCUT2D eigenvalue weighted by molar-refractivity contribution is 0.745. The average Bonchev–Trinajstić information content (AvgIpc) is 2.69. The second-order valence-corrected chi connectivity index (χ2v) is 6.23. The molecule has 3 aromatic rings. The Morgan fingerprint density at radius 3 is 2.46 bits per heavy atom. The van der Waals surface area contributed by atoms with Crippen LogP contribution < -0.4 is 10.3 Å². The van der Waals surface area contributed by atoms with E-state index in [1.807, 2.05) is 24.3 Å². The quantitative estimate of drug-likeness (QED) is 0.474. The Hall–Kier alpha value is -2.95. The van der Waals surface area contributed by atoms with Gasteiger partial charge in [-0.1, -0.05) is 50.2 Å². The molecule has 1 heterocycles. The van der Waals surface area contributed by atoms with Gasteiger partial charge in [-0.25, -0.2) is 0 Å². The van der Waals surface area contributed by atoms with Crippen molar-refractivity contribution in [3.8, 4) is 0 Å². The van der Waals surface area contributed by atoms with E-state index in [2.05, 4.69) is 63.7 Å². The van der Waals surface area contributed by atoms with E-state index in [9.17, 15) is 0 Å². The van der Waals surface area contributed by atoms with Crippen molar-refractivity contribution in [2.24, 2.45) is 5.10 Å². The smallest absolute Gasteiger partial charge is 0.176 e. The van der Waals surface area contributed by atoms with E-state index in [0.29, 0.717) is 5.82 Å². The summed E-state index contributed by atoms with van der Waals surface area (Å²) in [4.78, 5) is 2.42. The molecule has 0 unspecified atom stereocenters. The van der Waals surface area contributed by atoms with Crippen molar-refractivity contribution in [2.45, 2.75) is 26.7 Å². The summed E-state index contributed by atoms with van der Waals surface area (Å²) >= 11 is 0. The first kappa shape index (κ1) is 17.9. The molecular weight excluding hydrogens is 322 g/mol. The van der Waals surface area contributed by atoms with Gasteiger partial charge in [0.15, 0.2) is 5.82 Å². The SMILES string of the molecule is CCCN(CCC)c1ccc(/C=N/Nc2nncc3ccccc23)cc1. The van der Waals surface area contributed by atoms with Crippen LogP contribution in [0, 0.1) is 0 Å². The van der Waals surface area contributed by atoms with Gasteiger partial charge in [0, 0.05) is 29.5 Å². The number of fused-ring (bicyclic) bond motifs is 1. The number of aromatic nitrogens is 2. The Morgan fingerprint density at radius 1 is 1.00 bits per heavy atom. The van der Waals surface area contributed by atoms with Crippen LogP contribution in [0.25, 0.3) is 10.8 Å². The molecule has 0 amide bonds. The molecule has 0 atom stereocenters. The predicted molar refractivity (Wildman–Crippen MR) is 110 cm³/mol. The van der Waals surface area contributed by atoms with E-state index >= 15 is 0 Å². The minimum Gasteiger partial charge on any atom is -0.372 e. The number of nitrogens with zero attached hydrogens (tertiary/aromatic N) is 4. The van der Waals surface area contributed by atoms with Crippen molar-refractivity contribution in [3.63, 3.8) is 0 Å². The van der Waals surface area contributed by atoms with E-state index < -0.39 is 0 Å². The molecule has 2 aromatic carbocycles. The normalized spacial score (nSPS) is 11.2. The first-order valence-corrected chi connectivity index (χ1v) is 9.16. The number of anilines is 2. The van der Waals surface area contributed by atoms with Crippen molar-refractivity contribution in [3.05, 3.63) is 60.3 Å². The van der Waals surface area contributed by atoms with Gasteiger partial charge in [-0.3, -0.25) is 5.43 Å². The van der Waals surface area contributed by atoms with E-state index in [0.717, 1.165) is 42.3 Å². The topological polar surface area (TPSA) is 53.4 Å². The third-order valence-corrected chi connectivity index (χ3v) is 4.20. The molecule has 1 aromatic heterocycles. The van der Waals surface area contributed by atoms with Crippen LogP contribution in [-0.2, 0) is 0 Å². The first-order valence-electron chi connectivity index (χ1n) is 9.16. The third kappa shape index (κ3) is 4.36. The molecule has 134 valence electrons. The van der Waals surface area contributed by atoms with Gasteiger partial charge < -0.3 is 4.90 Å². The zero-order valence-electron chi connectivity index (χ0n) is 15.4. The summed E-state index contributed by atoms with van der Waals surface area (Å²) in [5, 5.41) is 14.5. The Kier molecular flexibility index (Phi) is 6.14. The molecule has 0 saturated carbocycles. The maximum absolute atomic E-state index is 4.32. The second-order valence-electron chi connectivity index (χ2n) is 6.23. The Morgan fingerprint density at radius 2 is 1.73 bits per heavy atom. The van der Waals surface area contributed by atoms with Crippen LogP contribution >= 0.6 is 0 Å². The molecule has 0 aliphatic rings. The summed E-state index contributed by atoms with van der Waals surface area (Å²) in [5.41, 5.74) is 5.31. The molecule has 1 N–H and O–H groups in total. The maximum Gasteiger partial charge on any atom is 0.176 e. The number of benzene rings is 2. The van der Waals surface area contributed by atoms with Gasteiger partial charge in [-0.15, -0.1) is 5.10 Å². The minimum atomic E-state index is 0.660. The summed E-state index contributed by atoms with van der Waals surface area (Å²) in [5.74, 6) is 0.660. The Bertz CT molecular complexity index is 846.